The average Bonchev–Trinajstić information content (AvgIpc) is 2.89. The molecule has 2 atom stereocenters. The highest BCUT2D eigenvalue weighted by molar-refractivity contribution is 5.09. The van der Waals surface area contributed by atoms with Gasteiger partial charge in [0.05, 0.1) is 6.04 Å². The summed E-state index contributed by atoms with van der Waals surface area (Å²) in [6, 6.07) is 0.0222. The number of hydrogen-bond acceptors (Lipinski definition) is 4. The van der Waals surface area contributed by atoms with E-state index < -0.39 is 0 Å². The molecule has 0 radical (unpaired) electrons. The number of nitrogens with one attached hydrogen (secondary N) is 1. The predicted molar refractivity (Wildman–Crippen MR) is 84.2 cm³/mol. The number of hydrazine groups is 1. The summed E-state index contributed by atoms with van der Waals surface area (Å²) in [5.74, 6) is 6.94. The first kappa shape index (κ1) is 17.1. The van der Waals surface area contributed by atoms with Gasteiger partial charge in [-0.25, -0.2) is 10.4 Å². The van der Waals surface area contributed by atoms with Crippen LogP contribution in [0.2, 0.25) is 0 Å². The van der Waals surface area contributed by atoms with E-state index in [1.807, 2.05) is 12.4 Å². The monoisotopic (exact) mass is 281 g/mol. The SMILES string of the molecule is CCCn1ccnc1C(NN)C(C)(CC)N(CC)CC. The molecular weight excluding hydrogens is 250 g/mol. The fraction of sp³-hybridized carbons (Fsp3) is 0.800. The zero-order valence-electron chi connectivity index (χ0n) is 13.7. The van der Waals surface area contributed by atoms with Gasteiger partial charge >= 0.3 is 0 Å². The van der Waals surface area contributed by atoms with Gasteiger partial charge in [-0.1, -0.05) is 27.7 Å². The molecule has 116 valence electrons. The second-order valence-corrected chi connectivity index (χ2v) is 5.46. The Morgan fingerprint density at radius 1 is 1.35 bits per heavy atom. The third-order valence-corrected chi connectivity index (χ3v) is 4.46. The minimum atomic E-state index is -0.0465. The van der Waals surface area contributed by atoms with Crippen LogP contribution in [0.25, 0.3) is 0 Å². The van der Waals surface area contributed by atoms with Gasteiger partial charge in [-0.05, 0) is 32.9 Å². The zero-order chi connectivity index (χ0) is 15.2. The van der Waals surface area contributed by atoms with E-state index >= 15 is 0 Å². The van der Waals surface area contributed by atoms with Crippen LogP contribution in [0.5, 0.6) is 0 Å². The Hall–Kier alpha value is -0.910. The van der Waals surface area contributed by atoms with E-state index in [1.165, 1.54) is 0 Å². The predicted octanol–water partition coefficient (Wildman–Crippen LogP) is 2.31. The van der Waals surface area contributed by atoms with Crippen molar-refractivity contribution in [2.45, 2.75) is 65.6 Å². The Balaban J connectivity index is 3.17. The lowest BCUT2D eigenvalue weighted by Crippen LogP contribution is -2.56. The lowest BCUT2D eigenvalue weighted by molar-refractivity contribution is 0.0651. The van der Waals surface area contributed by atoms with Crippen LogP contribution in [0.4, 0.5) is 0 Å². The highest BCUT2D eigenvalue weighted by Gasteiger charge is 2.39. The van der Waals surface area contributed by atoms with Gasteiger partial charge in [-0.2, -0.15) is 0 Å². The highest BCUT2D eigenvalue weighted by atomic mass is 15.3. The molecule has 1 aromatic heterocycles. The van der Waals surface area contributed by atoms with Crippen molar-refractivity contribution < 1.29 is 0 Å². The molecule has 0 spiro atoms. The maximum absolute atomic E-state index is 5.91. The molecule has 5 nitrogen and oxygen atoms in total. The van der Waals surface area contributed by atoms with Gasteiger partial charge in [0.1, 0.15) is 5.82 Å². The number of nitrogens with two attached hydrogens (primary N) is 1. The van der Waals surface area contributed by atoms with Crippen LogP contribution in [-0.4, -0.2) is 33.1 Å². The van der Waals surface area contributed by atoms with Gasteiger partial charge in [-0.3, -0.25) is 10.7 Å². The largest absolute Gasteiger partial charge is 0.334 e. The molecule has 1 aromatic rings. The molecule has 0 fully saturated rings. The third kappa shape index (κ3) is 3.22. The molecule has 5 heteroatoms. The fourth-order valence-electron chi connectivity index (χ4n) is 3.10. The van der Waals surface area contributed by atoms with E-state index in [0.29, 0.717) is 0 Å². The second-order valence-electron chi connectivity index (χ2n) is 5.46. The lowest BCUT2D eigenvalue weighted by Gasteiger charge is -2.45. The summed E-state index contributed by atoms with van der Waals surface area (Å²) in [4.78, 5) is 7.03. The first-order valence-electron chi connectivity index (χ1n) is 7.81. The topological polar surface area (TPSA) is 59.1 Å². The van der Waals surface area contributed by atoms with Crippen LogP contribution >= 0.6 is 0 Å². The number of hydrogen-bond donors (Lipinski definition) is 2. The normalized spacial score (nSPS) is 16.4. The van der Waals surface area contributed by atoms with Crippen molar-refractivity contribution in [1.82, 2.24) is 19.9 Å². The van der Waals surface area contributed by atoms with Crippen molar-refractivity contribution in [2.75, 3.05) is 13.1 Å². The molecule has 0 bridgehead atoms. The summed E-state index contributed by atoms with van der Waals surface area (Å²) in [6.07, 6.45) is 6.02. The van der Waals surface area contributed by atoms with Crippen LogP contribution in [0.1, 0.15) is 59.3 Å². The molecule has 0 saturated carbocycles. The summed E-state index contributed by atoms with van der Waals surface area (Å²) in [5, 5.41) is 0. The van der Waals surface area contributed by atoms with E-state index in [-0.39, 0.29) is 11.6 Å². The molecule has 20 heavy (non-hydrogen) atoms. The van der Waals surface area contributed by atoms with Crippen molar-refractivity contribution in [2.24, 2.45) is 5.84 Å². The first-order valence-corrected chi connectivity index (χ1v) is 7.81. The summed E-state index contributed by atoms with van der Waals surface area (Å²) in [5.41, 5.74) is 2.97. The maximum atomic E-state index is 5.91. The number of rotatable bonds is 9. The Kier molecular flexibility index (Phi) is 6.65. The number of aryl methyl sites for hydroxylation is 1. The fourth-order valence-corrected chi connectivity index (χ4v) is 3.10. The standard InChI is InChI=1S/C15H31N5/c1-6-11-19-12-10-17-14(19)13(18-16)15(5,7-2)20(8-3)9-4/h10,12-13,18H,6-9,11,16H2,1-5H3. The van der Waals surface area contributed by atoms with Crippen LogP contribution in [-0.2, 0) is 6.54 Å². The van der Waals surface area contributed by atoms with Gasteiger partial charge in [0.2, 0.25) is 0 Å². The Labute approximate surface area is 123 Å². The number of imidazole rings is 1. The van der Waals surface area contributed by atoms with E-state index in [1.54, 1.807) is 0 Å². The van der Waals surface area contributed by atoms with E-state index in [9.17, 15) is 0 Å². The molecule has 3 N–H and O–H groups in total. The maximum Gasteiger partial charge on any atom is 0.129 e. The molecule has 0 aliphatic carbocycles. The molecule has 0 aliphatic rings. The number of aromatic nitrogens is 2. The molecule has 0 saturated heterocycles. The van der Waals surface area contributed by atoms with Crippen molar-refractivity contribution in [3.63, 3.8) is 0 Å². The lowest BCUT2D eigenvalue weighted by atomic mass is 9.86. The van der Waals surface area contributed by atoms with Crippen molar-refractivity contribution in [1.29, 1.82) is 0 Å². The summed E-state index contributed by atoms with van der Waals surface area (Å²) in [7, 11) is 0. The van der Waals surface area contributed by atoms with Crippen LogP contribution in [0.15, 0.2) is 12.4 Å². The molecule has 0 amide bonds. The van der Waals surface area contributed by atoms with Gasteiger partial charge in [0.25, 0.3) is 0 Å². The van der Waals surface area contributed by atoms with E-state index in [4.69, 9.17) is 5.84 Å². The molecule has 0 aliphatic heterocycles. The zero-order valence-corrected chi connectivity index (χ0v) is 13.7. The van der Waals surface area contributed by atoms with Gasteiger partial charge < -0.3 is 4.57 Å². The summed E-state index contributed by atoms with van der Waals surface area (Å²) < 4.78 is 2.21. The molecule has 1 rings (SSSR count). The Bertz CT molecular complexity index is 385. The van der Waals surface area contributed by atoms with Crippen LogP contribution in [0.3, 0.4) is 0 Å². The number of nitrogens with zero attached hydrogens (tertiary/aromatic N) is 3. The average molecular weight is 281 g/mol. The van der Waals surface area contributed by atoms with Crippen molar-refractivity contribution >= 4 is 0 Å². The Morgan fingerprint density at radius 2 is 2.00 bits per heavy atom. The Morgan fingerprint density at radius 3 is 2.45 bits per heavy atom. The van der Waals surface area contributed by atoms with E-state index in [0.717, 1.165) is 38.3 Å². The van der Waals surface area contributed by atoms with Crippen molar-refractivity contribution in [3.8, 4) is 0 Å². The van der Waals surface area contributed by atoms with Gasteiger partial charge in [0, 0.05) is 24.5 Å². The smallest absolute Gasteiger partial charge is 0.129 e. The van der Waals surface area contributed by atoms with E-state index in [2.05, 4.69) is 54.5 Å². The molecule has 2 unspecified atom stereocenters. The first-order chi connectivity index (χ1) is 9.58. The highest BCUT2D eigenvalue weighted by Crippen LogP contribution is 2.33. The third-order valence-electron chi connectivity index (χ3n) is 4.46. The van der Waals surface area contributed by atoms with Gasteiger partial charge in [0.15, 0.2) is 0 Å². The summed E-state index contributed by atoms with van der Waals surface area (Å²) >= 11 is 0. The van der Waals surface area contributed by atoms with Crippen LogP contribution in [0, 0.1) is 0 Å². The molecular formula is C15H31N5. The quantitative estimate of drug-likeness (QED) is 0.539. The molecule has 1 heterocycles. The molecule has 0 aromatic carbocycles. The van der Waals surface area contributed by atoms with Crippen LogP contribution < -0.4 is 11.3 Å². The van der Waals surface area contributed by atoms with Crippen molar-refractivity contribution in [3.05, 3.63) is 18.2 Å². The number of likely N-dealkylation sites (N-methyl/N-ethyl adjacent to an activating group) is 1. The van der Waals surface area contributed by atoms with Gasteiger partial charge in [-0.15, -0.1) is 0 Å². The summed E-state index contributed by atoms with van der Waals surface area (Å²) in [6.45, 7) is 14.1. The minimum Gasteiger partial charge on any atom is -0.334 e. The second kappa shape index (κ2) is 7.76. The minimum absolute atomic E-state index is 0.0222.